The highest BCUT2D eigenvalue weighted by Gasteiger charge is 2.18. The van der Waals surface area contributed by atoms with E-state index >= 15 is 0 Å². The van der Waals surface area contributed by atoms with E-state index in [1.54, 1.807) is 11.3 Å². The Morgan fingerprint density at radius 3 is 2.95 bits per heavy atom. The second-order valence-electron chi connectivity index (χ2n) is 5.51. The molecule has 0 fully saturated rings. The van der Waals surface area contributed by atoms with Gasteiger partial charge in [0.1, 0.15) is 5.01 Å². The molecule has 1 aromatic carbocycles. The fraction of sp³-hybridized carbons (Fsp3) is 0.438. The Balaban J connectivity index is 1.55. The van der Waals surface area contributed by atoms with Crippen molar-refractivity contribution >= 4 is 11.3 Å². The minimum atomic E-state index is 0.327. The molecule has 20 heavy (non-hydrogen) atoms. The standard InChI is InChI=1S/C16H21N3S/c1-11-10-20-16(19-11)12(2)17-9-15-7-13-5-3-4-6-14(13)8-18-15/h3-6,10,12,15,17-18H,7-9H2,1-2H3. The zero-order valence-corrected chi connectivity index (χ0v) is 12.8. The molecule has 2 aromatic rings. The van der Waals surface area contributed by atoms with Gasteiger partial charge in [0.05, 0.1) is 6.04 Å². The Morgan fingerprint density at radius 1 is 1.40 bits per heavy atom. The summed E-state index contributed by atoms with van der Waals surface area (Å²) in [5.74, 6) is 0. The molecular weight excluding hydrogens is 266 g/mol. The van der Waals surface area contributed by atoms with Crippen molar-refractivity contribution in [1.29, 1.82) is 0 Å². The summed E-state index contributed by atoms with van der Waals surface area (Å²) in [6.07, 6.45) is 1.10. The first-order valence-corrected chi connectivity index (χ1v) is 8.06. The Bertz CT molecular complexity index is 579. The maximum absolute atomic E-state index is 4.55. The molecule has 0 radical (unpaired) electrons. The van der Waals surface area contributed by atoms with Gasteiger partial charge in [-0.05, 0) is 31.4 Å². The number of nitrogens with one attached hydrogen (secondary N) is 2. The Labute approximate surface area is 124 Å². The van der Waals surface area contributed by atoms with Crippen molar-refractivity contribution in [2.75, 3.05) is 6.54 Å². The van der Waals surface area contributed by atoms with Gasteiger partial charge in [-0.2, -0.15) is 0 Å². The van der Waals surface area contributed by atoms with Crippen molar-refractivity contribution in [1.82, 2.24) is 15.6 Å². The smallest absolute Gasteiger partial charge is 0.110 e. The normalized spacial score (nSPS) is 19.6. The van der Waals surface area contributed by atoms with Gasteiger partial charge in [0.25, 0.3) is 0 Å². The first-order valence-electron chi connectivity index (χ1n) is 7.18. The van der Waals surface area contributed by atoms with Crippen molar-refractivity contribution in [3.63, 3.8) is 0 Å². The first-order chi connectivity index (χ1) is 9.72. The van der Waals surface area contributed by atoms with E-state index < -0.39 is 0 Å². The molecule has 1 aliphatic heterocycles. The van der Waals surface area contributed by atoms with Gasteiger partial charge in [0.2, 0.25) is 0 Å². The van der Waals surface area contributed by atoms with Gasteiger partial charge in [-0.3, -0.25) is 0 Å². The number of aromatic nitrogens is 1. The highest BCUT2D eigenvalue weighted by Crippen LogP contribution is 2.19. The van der Waals surface area contributed by atoms with Crippen LogP contribution in [0.2, 0.25) is 0 Å². The first kappa shape index (κ1) is 13.7. The quantitative estimate of drug-likeness (QED) is 0.908. The molecule has 4 heteroatoms. The van der Waals surface area contributed by atoms with Crippen molar-refractivity contribution < 1.29 is 0 Å². The minimum Gasteiger partial charge on any atom is -0.308 e. The van der Waals surface area contributed by atoms with E-state index in [0.29, 0.717) is 12.1 Å². The van der Waals surface area contributed by atoms with Crippen LogP contribution in [0.3, 0.4) is 0 Å². The number of aryl methyl sites for hydroxylation is 1. The molecule has 2 atom stereocenters. The van der Waals surface area contributed by atoms with Gasteiger partial charge in [-0.25, -0.2) is 4.98 Å². The van der Waals surface area contributed by atoms with E-state index in [9.17, 15) is 0 Å². The SMILES string of the molecule is Cc1csc(C(C)NCC2Cc3ccccc3CN2)n1. The number of benzene rings is 1. The molecule has 3 rings (SSSR count). The molecule has 0 aliphatic carbocycles. The number of thiazole rings is 1. The second kappa shape index (κ2) is 6.04. The van der Waals surface area contributed by atoms with E-state index in [-0.39, 0.29) is 0 Å². The van der Waals surface area contributed by atoms with E-state index in [2.05, 4.69) is 52.2 Å². The van der Waals surface area contributed by atoms with Crippen molar-refractivity contribution in [3.8, 4) is 0 Å². The van der Waals surface area contributed by atoms with Gasteiger partial charge >= 0.3 is 0 Å². The molecule has 0 bridgehead atoms. The molecule has 106 valence electrons. The van der Waals surface area contributed by atoms with E-state index in [1.807, 2.05) is 6.92 Å². The van der Waals surface area contributed by atoms with Gasteiger partial charge in [-0.15, -0.1) is 11.3 Å². The number of hydrogen-bond acceptors (Lipinski definition) is 4. The van der Waals surface area contributed by atoms with Crippen LogP contribution in [0.4, 0.5) is 0 Å². The predicted molar refractivity (Wildman–Crippen MR) is 84.0 cm³/mol. The summed E-state index contributed by atoms with van der Waals surface area (Å²) in [6.45, 7) is 6.20. The van der Waals surface area contributed by atoms with Crippen LogP contribution in [-0.2, 0) is 13.0 Å². The molecule has 3 nitrogen and oxygen atoms in total. The van der Waals surface area contributed by atoms with Gasteiger partial charge in [0.15, 0.2) is 0 Å². The molecule has 2 unspecified atom stereocenters. The molecule has 2 N–H and O–H groups in total. The van der Waals surface area contributed by atoms with Crippen molar-refractivity contribution in [3.05, 3.63) is 51.5 Å². The fourth-order valence-corrected chi connectivity index (χ4v) is 3.47. The summed E-state index contributed by atoms with van der Waals surface area (Å²) in [6, 6.07) is 9.55. The van der Waals surface area contributed by atoms with Gasteiger partial charge in [0, 0.05) is 30.2 Å². The lowest BCUT2D eigenvalue weighted by molar-refractivity contribution is 0.425. The number of rotatable bonds is 4. The minimum absolute atomic E-state index is 0.327. The van der Waals surface area contributed by atoms with Gasteiger partial charge in [-0.1, -0.05) is 24.3 Å². The van der Waals surface area contributed by atoms with E-state index in [4.69, 9.17) is 0 Å². The average Bonchev–Trinajstić information content (AvgIpc) is 2.91. The second-order valence-corrected chi connectivity index (χ2v) is 6.40. The Kier molecular flexibility index (Phi) is 4.15. The van der Waals surface area contributed by atoms with Crippen LogP contribution in [0.5, 0.6) is 0 Å². The molecule has 1 aromatic heterocycles. The molecule has 0 spiro atoms. The number of nitrogens with zero attached hydrogens (tertiary/aromatic N) is 1. The highest BCUT2D eigenvalue weighted by molar-refractivity contribution is 7.09. The van der Waals surface area contributed by atoms with Crippen molar-refractivity contribution in [2.45, 2.75) is 38.9 Å². The molecule has 0 saturated heterocycles. The molecule has 2 heterocycles. The molecular formula is C16H21N3S. The van der Waals surface area contributed by atoms with Crippen LogP contribution in [-0.4, -0.2) is 17.6 Å². The summed E-state index contributed by atoms with van der Waals surface area (Å²) in [4.78, 5) is 4.55. The fourth-order valence-electron chi connectivity index (χ4n) is 2.64. The largest absolute Gasteiger partial charge is 0.308 e. The summed E-state index contributed by atoms with van der Waals surface area (Å²) >= 11 is 1.74. The lowest BCUT2D eigenvalue weighted by Gasteiger charge is -2.27. The summed E-state index contributed by atoms with van der Waals surface area (Å²) in [5.41, 5.74) is 4.03. The van der Waals surface area contributed by atoms with Crippen LogP contribution >= 0.6 is 11.3 Å². The molecule has 0 amide bonds. The van der Waals surface area contributed by atoms with Crippen LogP contribution in [0.1, 0.15) is 34.8 Å². The topological polar surface area (TPSA) is 37.0 Å². The summed E-state index contributed by atoms with van der Waals surface area (Å²) < 4.78 is 0. The number of hydrogen-bond donors (Lipinski definition) is 2. The lowest BCUT2D eigenvalue weighted by atomic mass is 9.96. The van der Waals surface area contributed by atoms with Crippen molar-refractivity contribution in [2.24, 2.45) is 0 Å². The van der Waals surface area contributed by atoms with Crippen LogP contribution < -0.4 is 10.6 Å². The third kappa shape index (κ3) is 3.08. The van der Waals surface area contributed by atoms with E-state index in [0.717, 1.165) is 25.2 Å². The maximum Gasteiger partial charge on any atom is 0.110 e. The van der Waals surface area contributed by atoms with Crippen LogP contribution in [0, 0.1) is 6.92 Å². The van der Waals surface area contributed by atoms with Gasteiger partial charge < -0.3 is 10.6 Å². The zero-order chi connectivity index (χ0) is 13.9. The van der Waals surface area contributed by atoms with Crippen LogP contribution in [0.15, 0.2) is 29.6 Å². The van der Waals surface area contributed by atoms with E-state index in [1.165, 1.54) is 16.1 Å². The maximum atomic E-state index is 4.55. The Hall–Kier alpha value is -1.23. The Morgan fingerprint density at radius 2 is 2.20 bits per heavy atom. The predicted octanol–water partition coefficient (Wildman–Crippen LogP) is 2.82. The molecule has 1 aliphatic rings. The lowest BCUT2D eigenvalue weighted by Crippen LogP contribution is -2.43. The monoisotopic (exact) mass is 287 g/mol. The number of fused-ring (bicyclic) bond motifs is 1. The third-order valence-electron chi connectivity index (χ3n) is 3.84. The molecule has 0 saturated carbocycles. The zero-order valence-electron chi connectivity index (χ0n) is 12.0. The summed E-state index contributed by atoms with van der Waals surface area (Å²) in [5, 5.41) is 10.5. The highest BCUT2D eigenvalue weighted by atomic mass is 32.1. The third-order valence-corrected chi connectivity index (χ3v) is 4.99. The average molecular weight is 287 g/mol. The summed E-state index contributed by atoms with van der Waals surface area (Å²) in [7, 11) is 0. The van der Waals surface area contributed by atoms with Crippen LogP contribution in [0.25, 0.3) is 0 Å².